The van der Waals surface area contributed by atoms with Crippen molar-refractivity contribution in [2.75, 3.05) is 19.0 Å². The van der Waals surface area contributed by atoms with E-state index in [4.69, 9.17) is 0 Å². The van der Waals surface area contributed by atoms with Gasteiger partial charge < -0.3 is 4.90 Å². The van der Waals surface area contributed by atoms with Crippen molar-refractivity contribution in [2.45, 2.75) is 0 Å². The van der Waals surface area contributed by atoms with Gasteiger partial charge in [-0.15, -0.1) is 11.3 Å². The SMILES string of the molecule is CN(C)c1ccc(-c2ccccc2C(=O)c2cccs2)cc1. The number of nitrogens with zero attached hydrogens (tertiary/aromatic N) is 1. The van der Waals surface area contributed by atoms with E-state index in [1.165, 1.54) is 11.3 Å². The van der Waals surface area contributed by atoms with E-state index in [2.05, 4.69) is 29.2 Å². The van der Waals surface area contributed by atoms with Crippen molar-refractivity contribution in [3.63, 3.8) is 0 Å². The Balaban J connectivity index is 2.03. The normalized spacial score (nSPS) is 10.5. The van der Waals surface area contributed by atoms with Crippen LogP contribution in [-0.2, 0) is 0 Å². The fraction of sp³-hybridized carbons (Fsp3) is 0.105. The minimum atomic E-state index is 0.0855. The Labute approximate surface area is 134 Å². The third-order valence-electron chi connectivity index (χ3n) is 3.61. The van der Waals surface area contributed by atoms with E-state index < -0.39 is 0 Å². The lowest BCUT2D eigenvalue weighted by molar-refractivity contribution is 0.104. The van der Waals surface area contributed by atoms with Gasteiger partial charge in [-0.2, -0.15) is 0 Å². The van der Waals surface area contributed by atoms with Gasteiger partial charge in [0.15, 0.2) is 0 Å². The maximum absolute atomic E-state index is 12.7. The van der Waals surface area contributed by atoms with Crippen molar-refractivity contribution in [1.82, 2.24) is 0 Å². The van der Waals surface area contributed by atoms with Crippen molar-refractivity contribution in [3.8, 4) is 11.1 Å². The lowest BCUT2D eigenvalue weighted by atomic mass is 9.96. The lowest BCUT2D eigenvalue weighted by Crippen LogP contribution is -2.08. The quantitative estimate of drug-likeness (QED) is 0.650. The van der Waals surface area contributed by atoms with Crippen molar-refractivity contribution in [2.24, 2.45) is 0 Å². The highest BCUT2D eigenvalue weighted by atomic mass is 32.1. The Bertz CT molecular complexity index is 773. The van der Waals surface area contributed by atoms with E-state index in [9.17, 15) is 4.79 Å². The molecule has 0 saturated carbocycles. The van der Waals surface area contributed by atoms with Crippen LogP contribution in [0.4, 0.5) is 5.69 Å². The molecule has 0 aliphatic heterocycles. The number of rotatable bonds is 4. The van der Waals surface area contributed by atoms with Crippen LogP contribution in [0, 0.1) is 0 Å². The van der Waals surface area contributed by atoms with Crippen LogP contribution in [-0.4, -0.2) is 19.9 Å². The topological polar surface area (TPSA) is 20.3 Å². The third-order valence-corrected chi connectivity index (χ3v) is 4.48. The summed E-state index contributed by atoms with van der Waals surface area (Å²) in [5.74, 6) is 0.0855. The van der Waals surface area contributed by atoms with Gasteiger partial charge in [0, 0.05) is 25.3 Å². The number of carbonyl (C=O) groups excluding carboxylic acids is 1. The van der Waals surface area contributed by atoms with Gasteiger partial charge in [-0.05, 0) is 34.7 Å². The first-order valence-electron chi connectivity index (χ1n) is 7.12. The maximum Gasteiger partial charge on any atom is 0.203 e. The van der Waals surface area contributed by atoms with Gasteiger partial charge >= 0.3 is 0 Å². The molecule has 3 rings (SSSR count). The van der Waals surface area contributed by atoms with Crippen LogP contribution >= 0.6 is 11.3 Å². The summed E-state index contributed by atoms with van der Waals surface area (Å²) in [5, 5.41) is 1.93. The highest BCUT2D eigenvalue weighted by molar-refractivity contribution is 7.12. The van der Waals surface area contributed by atoms with Crippen LogP contribution in [0.2, 0.25) is 0 Å². The summed E-state index contributed by atoms with van der Waals surface area (Å²) in [7, 11) is 4.03. The van der Waals surface area contributed by atoms with E-state index in [1.54, 1.807) is 0 Å². The summed E-state index contributed by atoms with van der Waals surface area (Å²) >= 11 is 1.48. The molecule has 3 heteroatoms. The minimum absolute atomic E-state index is 0.0855. The Hall–Kier alpha value is -2.39. The molecule has 22 heavy (non-hydrogen) atoms. The molecule has 0 atom stereocenters. The molecule has 0 amide bonds. The van der Waals surface area contributed by atoms with E-state index in [0.717, 1.165) is 27.3 Å². The zero-order valence-corrected chi connectivity index (χ0v) is 13.4. The van der Waals surface area contributed by atoms with E-state index in [1.807, 2.05) is 55.9 Å². The predicted octanol–water partition coefficient (Wildman–Crippen LogP) is 4.71. The molecule has 2 nitrogen and oxygen atoms in total. The Morgan fingerprint density at radius 2 is 1.64 bits per heavy atom. The first-order chi connectivity index (χ1) is 10.7. The molecule has 3 aromatic rings. The summed E-state index contributed by atoms with van der Waals surface area (Å²) in [4.78, 5) is 15.5. The van der Waals surface area contributed by atoms with Crippen molar-refractivity contribution >= 4 is 22.8 Å². The minimum Gasteiger partial charge on any atom is -0.378 e. The molecule has 0 radical (unpaired) electrons. The number of anilines is 1. The van der Waals surface area contributed by atoms with Gasteiger partial charge in [-0.25, -0.2) is 0 Å². The van der Waals surface area contributed by atoms with Gasteiger partial charge in [-0.3, -0.25) is 4.79 Å². The molecular formula is C19H17NOS. The molecule has 1 heterocycles. The molecule has 110 valence electrons. The number of hydrogen-bond acceptors (Lipinski definition) is 3. The van der Waals surface area contributed by atoms with Crippen LogP contribution in [0.5, 0.6) is 0 Å². The molecule has 0 aliphatic rings. The second kappa shape index (κ2) is 6.16. The average Bonchev–Trinajstić information content (AvgIpc) is 3.09. The maximum atomic E-state index is 12.7. The van der Waals surface area contributed by atoms with Crippen LogP contribution in [0.3, 0.4) is 0 Å². The van der Waals surface area contributed by atoms with E-state index in [0.29, 0.717) is 0 Å². The second-order valence-electron chi connectivity index (χ2n) is 5.29. The van der Waals surface area contributed by atoms with Gasteiger partial charge in [-0.1, -0.05) is 42.5 Å². The lowest BCUT2D eigenvalue weighted by Gasteiger charge is -2.14. The van der Waals surface area contributed by atoms with E-state index in [-0.39, 0.29) is 5.78 Å². The highest BCUT2D eigenvalue weighted by Gasteiger charge is 2.15. The third kappa shape index (κ3) is 2.81. The Morgan fingerprint density at radius 3 is 2.27 bits per heavy atom. The Kier molecular flexibility index (Phi) is 4.07. The highest BCUT2D eigenvalue weighted by Crippen LogP contribution is 2.28. The summed E-state index contributed by atoms with van der Waals surface area (Å²) in [5.41, 5.74) is 3.94. The smallest absolute Gasteiger partial charge is 0.203 e. The molecule has 0 fully saturated rings. The van der Waals surface area contributed by atoms with Gasteiger partial charge in [0.25, 0.3) is 0 Å². The Morgan fingerprint density at radius 1 is 0.909 bits per heavy atom. The number of benzene rings is 2. The van der Waals surface area contributed by atoms with Crippen LogP contribution in [0.25, 0.3) is 11.1 Å². The van der Waals surface area contributed by atoms with Gasteiger partial charge in [0.05, 0.1) is 4.88 Å². The fourth-order valence-electron chi connectivity index (χ4n) is 2.41. The molecule has 1 aromatic heterocycles. The summed E-state index contributed by atoms with van der Waals surface area (Å²) in [6.45, 7) is 0. The largest absolute Gasteiger partial charge is 0.378 e. The molecule has 0 saturated heterocycles. The van der Waals surface area contributed by atoms with Crippen molar-refractivity contribution in [3.05, 3.63) is 76.5 Å². The first kappa shape index (κ1) is 14.5. The summed E-state index contributed by atoms with van der Waals surface area (Å²) < 4.78 is 0. The average molecular weight is 307 g/mol. The number of carbonyl (C=O) groups is 1. The first-order valence-corrected chi connectivity index (χ1v) is 8.00. The summed E-state index contributed by atoms with van der Waals surface area (Å²) in [6, 6.07) is 19.8. The number of thiophene rings is 1. The zero-order chi connectivity index (χ0) is 15.5. The van der Waals surface area contributed by atoms with E-state index >= 15 is 0 Å². The van der Waals surface area contributed by atoms with Crippen LogP contribution in [0.15, 0.2) is 66.0 Å². The van der Waals surface area contributed by atoms with Gasteiger partial charge in [0.2, 0.25) is 5.78 Å². The molecule has 2 aromatic carbocycles. The fourth-order valence-corrected chi connectivity index (χ4v) is 3.09. The molecule has 0 N–H and O–H groups in total. The number of hydrogen-bond donors (Lipinski definition) is 0. The molecule has 0 bridgehead atoms. The van der Waals surface area contributed by atoms with Gasteiger partial charge in [0.1, 0.15) is 0 Å². The van der Waals surface area contributed by atoms with Crippen LogP contribution < -0.4 is 4.90 Å². The predicted molar refractivity (Wildman–Crippen MR) is 94.0 cm³/mol. The monoisotopic (exact) mass is 307 g/mol. The number of ketones is 1. The zero-order valence-electron chi connectivity index (χ0n) is 12.6. The molecule has 0 aliphatic carbocycles. The molecule has 0 unspecified atom stereocenters. The summed E-state index contributed by atoms with van der Waals surface area (Å²) in [6.07, 6.45) is 0. The van der Waals surface area contributed by atoms with Crippen LogP contribution in [0.1, 0.15) is 15.2 Å². The second-order valence-corrected chi connectivity index (χ2v) is 6.24. The van der Waals surface area contributed by atoms with Crippen molar-refractivity contribution < 1.29 is 4.79 Å². The standard InChI is InChI=1S/C19H17NOS/c1-20(2)15-11-9-14(10-12-15)16-6-3-4-7-17(16)19(21)18-8-5-13-22-18/h3-13H,1-2H3. The van der Waals surface area contributed by atoms with Crippen molar-refractivity contribution in [1.29, 1.82) is 0 Å². The molecule has 0 spiro atoms. The molecular weight excluding hydrogens is 290 g/mol.